The van der Waals surface area contributed by atoms with Crippen molar-refractivity contribution < 1.29 is 14.4 Å². The molecule has 0 radical (unpaired) electrons. The molecule has 15 heavy (non-hydrogen) atoms. The van der Waals surface area contributed by atoms with Crippen LogP contribution >= 0.6 is 7.60 Å². The van der Waals surface area contributed by atoms with Crippen molar-refractivity contribution in [1.29, 1.82) is 0 Å². The molecule has 3 N–H and O–H groups in total. The Kier molecular flexibility index (Phi) is 4.36. The molecule has 0 amide bonds. The van der Waals surface area contributed by atoms with Gasteiger partial charge >= 0.3 is 7.60 Å². The lowest BCUT2D eigenvalue weighted by atomic mass is 9.80. The number of hydrogen-bond acceptors (Lipinski definition) is 2. The maximum absolute atomic E-state index is 11.7. The molecule has 1 heterocycles. The molecule has 0 aromatic rings. The molecule has 0 atom stereocenters. The van der Waals surface area contributed by atoms with E-state index in [0.717, 1.165) is 25.9 Å². The summed E-state index contributed by atoms with van der Waals surface area (Å²) in [5, 5.41) is 2.45. The number of piperidine rings is 1. The van der Waals surface area contributed by atoms with Gasteiger partial charge in [-0.05, 0) is 44.7 Å². The lowest BCUT2D eigenvalue weighted by Crippen LogP contribution is -2.43. The predicted molar refractivity (Wildman–Crippen MR) is 61.0 cm³/mol. The van der Waals surface area contributed by atoms with Crippen LogP contribution in [0.3, 0.4) is 0 Å². The van der Waals surface area contributed by atoms with E-state index < -0.39 is 12.8 Å². The quantitative estimate of drug-likeness (QED) is 0.649. The first-order valence-corrected chi connectivity index (χ1v) is 7.35. The highest BCUT2D eigenvalue weighted by Gasteiger charge is 2.49. The second-order valence-electron chi connectivity index (χ2n) is 4.38. The SMILES string of the molecule is CCC(CC)(C1CCNCC1)P(=O)(O)O. The molecule has 1 aliphatic rings. The van der Waals surface area contributed by atoms with Gasteiger partial charge in [-0.2, -0.15) is 0 Å². The zero-order valence-electron chi connectivity index (χ0n) is 9.57. The lowest BCUT2D eigenvalue weighted by molar-refractivity contribution is 0.217. The van der Waals surface area contributed by atoms with E-state index >= 15 is 0 Å². The zero-order chi connectivity index (χ0) is 11.5. The molecule has 1 aliphatic heterocycles. The fraction of sp³-hybridized carbons (Fsp3) is 1.00. The maximum Gasteiger partial charge on any atom is 0.331 e. The average Bonchev–Trinajstić information content (AvgIpc) is 2.20. The summed E-state index contributed by atoms with van der Waals surface area (Å²) in [5.74, 6) is 0.162. The van der Waals surface area contributed by atoms with E-state index in [4.69, 9.17) is 0 Å². The Morgan fingerprint density at radius 1 is 1.27 bits per heavy atom. The summed E-state index contributed by atoms with van der Waals surface area (Å²) in [6, 6.07) is 0. The normalized spacial score (nSPS) is 20.5. The van der Waals surface area contributed by atoms with Crippen LogP contribution in [-0.4, -0.2) is 28.0 Å². The summed E-state index contributed by atoms with van der Waals surface area (Å²) >= 11 is 0. The summed E-state index contributed by atoms with van der Waals surface area (Å²) in [7, 11) is -4.00. The van der Waals surface area contributed by atoms with E-state index in [1.807, 2.05) is 13.8 Å². The standard InChI is InChI=1S/C10H22NO3P/c1-3-10(4-2,15(12,13)14)9-5-7-11-8-6-9/h9,11H,3-8H2,1-2H3,(H2,12,13,14). The van der Waals surface area contributed by atoms with E-state index in [1.165, 1.54) is 0 Å². The number of hydrogen-bond donors (Lipinski definition) is 3. The third-order valence-electron chi connectivity index (χ3n) is 3.90. The summed E-state index contributed by atoms with van der Waals surface area (Å²) in [4.78, 5) is 19.1. The van der Waals surface area contributed by atoms with Crippen LogP contribution in [0, 0.1) is 5.92 Å². The first-order valence-electron chi connectivity index (χ1n) is 5.74. The Morgan fingerprint density at radius 3 is 2.07 bits per heavy atom. The first-order chi connectivity index (χ1) is 6.98. The topological polar surface area (TPSA) is 69.6 Å². The van der Waals surface area contributed by atoms with Gasteiger partial charge < -0.3 is 15.1 Å². The van der Waals surface area contributed by atoms with Crippen molar-refractivity contribution in [2.24, 2.45) is 5.92 Å². The Morgan fingerprint density at radius 2 is 1.73 bits per heavy atom. The van der Waals surface area contributed by atoms with Crippen LogP contribution in [0.5, 0.6) is 0 Å². The molecular formula is C10H22NO3P. The summed E-state index contributed by atoms with van der Waals surface area (Å²) < 4.78 is 11.7. The first kappa shape index (κ1) is 13.2. The van der Waals surface area contributed by atoms with Crippen molar-refractivity contribution in [2.75, 3.05) is 13.1 Å². The van der Waals surface area contributed by atoms with Gasteiger partial charge in [0.25, 0.3) is 0 Å². The van der Waals surface area contributed by atoms with Crippen LogP contribution in [0.4, 0.5) is 0 Å². The fourth-order valence-electron chi connectivity index (χ4n) is 2.84. The van der Waals surface area contributed by atoms with E-state index in [0.29, 0.717) is 12.8 Å². The fourth-order valence-corrected chi connectivity index (χ4v) is 4.39. The molecule has 0 aromatic heterocycles. The predicted octanol–water partition coefficient (Wildman–Crippen LogP) is 1.72. The third-order valence-corrected chi connectivity index (χ3v) is 6.06. The van der Waals surface area contributed by atoms with Gasteiger partial charge in [0.15, 0.2) is 0 Å². The van der Waals surface area contributed by atoms with Gasteiger partial charge in [-0.15, -0.1) is 0 Å². The van der Waals surface area contributed by atoms with Crippen molar-refractivity contribution in [3.05, 3.63) is 0 Å². The molecule has 90 valence electrons. The minimum atomic E-state index is -4.00. The molecule has 0 unspecified atom stereocenters. The number of nitrogens with one attached hydrogen (secondary N) is 1. The van der Waals surface area contributed by atoms with Crippen LogP contribution in [0.25, 0.3) is 0 Å². The van der Waals surface area contributed by atoms with E-state index in [1.54, 1.807) is 0 Å². The molecule has 0 aromatic carbocycles. The maximum atomic E-state index is 11.7. The van der Waals surface area contributed by atoms with Crippen LogP contribution in [0.15, 0.2) is 0 Å². The van der Waals surface area contributed by atoms with Gasteiger partial charge in [-0.25, -0.2) is 0 Å². The molecule has 5 heteroatoms. The van der Waals surface area contributed by atoms with Crippen LogP contribution in [0.2, 0.25) is 0 Å². The third kappa shape index (κ3) is 2.44. The Hall–Kier alpha value is 0.110. The molecule has 1 fully saturated rings. The molecule has 1 saturated heterocycles. The Labute approximate surface area is 91.6 Å². The van der Waals surface area contributed by atoms with Gasteiger partial charge in [-0.3, -0.25) is 4.57 Å². The average molecular weight is 235 g/mol. The van der Waals surface area contributed by atoms with Crippen LogP contribution in [-0.2, 0) is 4.57 Å². The molecule has 4 nitrogen and oxygen atoms in total. The lowest BCUT2D eigenvalue weighted by Gasteiger charge is -2.41. The molecule has 1 rings (SSSR count). The summed E-state index contributed by atoms with van der Waals surface area (Å²) in [5.41, 5.74) is 0. The van der Waals surface area contributed by atoms with Gasteiger partial charge in [0, 0.05) is 0 Å². The molecule has 0 aliphatic carbocycles. The highest BCUT2D eigenvalue weighted by atomic mass is 31.2. The second kappa shape index (κ2) is 4.96. The summed E-state index contributed by atoms with van der Waals surface area (Å²) in [6.45, 7) is 5.55. The minimum Gasteiger partial charge on any atom is -0.324 e. The van der Waals surface area contributed by atoms with Gasteiger partial charge in [0.05, 0.1) is 5.16 Å². The second-order valence-corrected chi connectivity index (χ2v) is 6.36. The van der Waals surface area contributed by atoms with Crippen molar-refractivity contribution in [2.45, 2.75) is 44.7 Å². The van der Waals surface area contributed by atoms with Crippen molar-refractivity contribution in [3.8, 4) is 0 Å². The zero-order valence-corrected chi connectivity index (χ0v) is 10.5. The van der Waals surface area contributed by atoms with E-state index in [9.17, 15) is 14.4 Å². The van der Waals surface area contributed by atoms with Crippen molar-refractivity contribution in [1.82, 2.24) is 5.32 Å². The van der Waals surface area contributed by atoms with Crippen molar-refractivity contribution >= 4 is 7.60 Å². The smallest absolute Gasteiger partial charge is 0.324 e. The molecular weight excluding hydrogens is 213 g/mol. The van der Waals surface area contributed by atoms with E-state index in [2.05, 4.69) is 5.32 Å². The largest absolute Gasteiger partial charge is 0.331 e. The van der Waals surface area contributed by atoms with E-state index in [-0.39, 0.29) is 5.92 Å². The highest BCUT2D eigenvalue weighted by molar-refractivity contribution is 7.53. The molecule has 0 bridgehead atoms. The van der Waals surface area contributed by atoms with Gasteiger partial charge in [0.1, 0.15) is 0 Å². The molecule has 0 spiro atoms. The molecule has 0 saturated carbocycles. The minimum absolute atomic E-state index is 0.162. The highest BCUT2D eigenvalue weighted by Crippen LogP contribution is 2.60. The number of rotatable bonds is 4. The van der Waals surface area contributed by atoms with Gasteiger partial charge in [-0.1, -0.05) is 13.8 Å². The van der Waals surface area contributed by atoms with Gasteiger partial charge in [0.2, 0.25) is 0 Å². The van der Waals surface area contributed by atoms with Crippen LogP contribution in [0.1, 0.15) is 39.5 Å². The Balaban J connectivity index is 2.93. The van der Waals surface area contributed by atoms with Crippen LogP contribution < -0.4 is 5.32 Å². The Bertz CT molecular complexity index is 241. The summed E-state index contributed by atoms with van der Waals surface area (Å²) in [6.07, 6.45) is 2.90. The van der Waals surface area contributed by atoms with Crippen molar-refractivity contribution in [3.63, 3.8) is 0 Å². The monoisotopic (exact) mass is 235 g/mol.